The van der Waals surface area contributed by atoms with Gasteiger partial charge in [0.15, 0.2) is 11.6 Å². The second-order valence-corrected chi connectivity index (χ2v) is 26.9. The Morgan fingerprint density at radius 2 is 0.772 bits per heavy atom. The number of allylic oxidation sites excluding steroid dienone is 3. The third-order valence-electron chi connectivity index (χ3n) is 16.0. The van der Waals surface area contributed by atoms with Gasteiger partial charge in [0.2, 0.25) is 27.1 Å². The van der Waals surface area contributed by atoms with Gasteiger partial charge in [0.25, 0.3) is 5.24 Å². The fourth-order valence-corrected chi connectivity index (χ4v) is 10.9. The molecule has 0 fully saturated rings. The van der Waals surface area contributed by atoms with Crippen molar-refractivity contribution in [1.29, 1.82) is 31.6 Å². The summed E-state index contributed by atoms with van der Waals surface area (Å²) in [7, 11) is 10.5. The molecule has 0 aliphatic rings. The minimum atomic E-state index is -1.67. The van der Waals surface area contributed by atoms with E-state index in [1.165, 1.54) is 36.8 Å². The van der Waals surface area contributed by atoms with Crippen molar-refractivity contribution in [1.82, 2.24) is 29.9 Å². The number of anilines is 13. The molecule has 0 unspecified atom stereocenters. The quantitative estimate of drug-likeness (QED) is 0.0135. The van der Waals surface area contributed by atoms with Gasteiger partial charge in [0.05, 0.1) is 84.1 Å². The molecule has 3 aromatic heterocycles. The Hall–Kier alpha value is -14.8. The number of carboxylic acid groups (broad SMARTS) is 1. The van der Waals surface area contributed by atoms with Gasteiger partial charge in [-0.2, -0.15) is 46.5 Å². The average Bonchev–Trinajstić information content (AvgIpc) is 0.825. The standard InChI is InChI=1S/C31H26N6O2.C23H17ClN6O.C23H18N6O2.C7H9NO.Cl2OS/c1-20-15-23(7-6-14-32)16-21(2)29(20)36-30-26(27(38)17-24-8-4-5-9-28(24)39-3)19-34-31(37-30)35-25-12-10-22(18-33)11-13-25;1-14-10-17(4-3-9-25)11-15(2)20(14)29-22-19(21(24)31)13-27-23(30-22)28-18-7-5-16(12-26)6-8-18;1-14-10-17(4-3-9-24)11-15(2)20(14)28-21-19(22(30)31)13-26-23(29-21)27-18-7-5-16(12-25)6-8-18;1-9-7-5-3-2-4-6(7)8;1-4(2)3/h4-13,15-16,19H,17H2,1-3H3,(H2,34,35,36,37);3-8,10-11,13H,1-2H3,(H2,27,28,29,30);3-8,10-11,13H,1-2H3,(H,30,31)(H2,26,27,28,29);2-5H,8H2,1H3;/b7-6+;2*4-3+;;. The number of carboxylic acids is 1. The van der Waals surface area contributed by atoms with E-state index >= 15 is 0 Å². The Labute approximate surface area is 674 Å². The topological polar surface area (TPSA) is 425 Å². The number of nitrogens with one attached hydrogen (secondary N) is 6. The molecule has 0 atom stereocenters. The number of aromatic carboxylic acids is 1. The molecular weight excluding hydrogens is 1530 g/mol. The third-order valence-corrected chi connectivity index (χ3v) is 16.3. The fourth-order valence-electron chi connectivity index (χ4n) is 10.8. The number of Topliss-reactive ketones (excluding diaryl/α,β-unsaturated/α-hetero) is 1. The van der Waals surface area contributed by atoms with Crippen molar-refractivity contribution in [3.8, 4) is 47.9 Å². The van der Waals surface area contributed by atoms with Crippen molar-refractivity contribution in [3.63, 3.8) is 0 Å². The highest BCUT2D eigenvalue weighted by Gasteiger charge is 2.22. The number of nitrogens with zero attached hydrogens (tertiary/aromatic N) is 12. The molecule has 0 saturated heterocycles. The van der Waals surface area contributed by atoms with Gasteiger partial charge in [0, 0.05) is 104 Å². The number of halogens is 3. The molecule has 3 heterocycles. The minimum absolute atomic E-state index is 0.0716. The molecule has 570 valence electrons. The molecule has 11 aromatic rings. The zero-order chi connectivity index (χ0) is 82.8. The second-order valence-electron chi connectivity index (χ2n) is 24.1. The molecule has 0 spiro atoms. The zero-order valence-corrected chi connectivity index (χ0v) is 65.4. The molecule has 114 heavy (non-hydrogen) atoms. The van der Waals surface area contributed by atoms with Gasteiger partial charge < -0.3 is 52.2 Å². The van der Waals surface area contributed by atoms with Gasteiger partial charge in [-0.05, 0) is 249 Å². The number of carbonyl (C=O) groups excluding carboxylic acids is 2. The molecule has 0 saturated carbocycles. The molecule has 26 nitrogen and oxygen atoms in total. The number of methoxy groups -OCH3 is 2. The van der Waals surface area contributed by atoms with Crippen LogP contribution in [0.3, 0.4) is 0 Å². The van der Waals surface area contributed by atoms with Gasteiger partial charge in [-0.1, -0.05) is 30.3 Å². The molecule has 0 aliphatic carbocycles. The van der Waals surface area contributed by atoms with Crippen LogP contribution in [-0.2, 0) is 15.6 Å². The number of aryl methyl sites for hydroxylation is 6. The summed E-state index contributed by atoms with van der Waals surface area (Å²) < 4.78 is 19.4. The number of para-hydroxylation sites is 3. The number of hydrogen-bond donors (Lipinski definition) is 8. The number of nitriles is 6. The number of carbonyl (C=O) groups is 3. The molecule has 0 radical (unpaired) electrons. The first kappa shape index (κ1) is 86.4. The largest absolute Gasteiger partial charge is 0.496 e. The lowest BCUT2D eigenvalue weighted by Gasteiger charge is -2.17. The van der Waals surface area contributed by atoms with Gasteiger partial charge in [0.1, 0.15) is 28.7 Å². The summed E-state index contributed by atoms with van der Waals surface area (Å²) in [4.78, 5) is 63.2. The highest BCUT2D eigenvalue weighted by Crippen LogP contribution is 2.34. The van der Waals surface area contributed by atoms with Crippen molar-refractivity contribution in [3.05, 3.63) is 284 Å². The second kappa shape index (κ2) is 43.4. The van der Waals surface area contributed by atoms with Crippen LogP contribution < -0.4 is 47.1 Å². The normalized spacial score (nSPS) is 10.2. The molecule has 9 N–H and O–H groups in total. The van der Waals surface area contributed by atoms with E-state index in [4.69, 9.17) is 62.6 Å². The first-order valence-corrected chi connectivity index (χ1v) is 37.0. The van der Waals surface area contributed by atoms with E-state index in [-0.39, 0.29) is 46.9 Å². The minimum Gasteiger partial charge on any atom is -0.496 e. The summed E-state index contributed by atoms with van der Waals surface area (Å²) in [6.45, 7) is 11.5. The summed E-state index contributed by atoms with van der Waals surface area (Å²) >= 11 is 5.73. The van der Waals surface area contributed by atoms with Crippen molar-refractivity contribution in [2.45, 2.75) is 48.0 Å². The monoisotopic (exact) mass is 1590 g/mol. The van der Waals surface area contributed by atoms with Crippen LogP contribution in [0.4, 0.5) is 75.1 Å². The third kappa shape index (κ3) is 25.9. The lowest BCUT2D eigenvalue weighted by Crippen LogP contribution is -2.12. The van der Waals surface area contributed by atoms with E-state index in [2.05, 4.69) is 95.3 Å². The smallest absolute Gasteiger partial charge is 0.341 e. The Kier molecular flexibility index (Phi) is 32.9. The van der Waals surface area contributed by atoms with Crippen LogP contribution in [0.5, 0.6) is 11.5 Å². The first-order valence-electron chi connectivity index (χ1n) is 33.8. The van der Waals surface area contributed by atoms with Crippen LogP contribution in [0.2, 0.25) is 0 Å². The summed E-state index contributed by atoms with van der Waals surface area (Å²) in [5.74, 6) is 1.56. The van der Waals surface area contributed by atoms with Crippen LogP contribution in [0.1, 0.15) is 103 Å². The van der Waals surface area contributed by atoms with Crippen molar-refractivity contribution in [2.75, 3.05) is 51.9 Å². The van der Waals surface area contributed by atoms with Crippen LogP contribution in [0.25, 0.3) is 18.2 Å². The lowest BCUT2D eigenvalue weighted by atomic mass is 10.0. The van der Waals surface area contributed by atoms with Gasteiger partial charge in [-0.25, -0.2) is 24.0 Å². The number of ketones is 1. The molecule has 30 heteroatoms. The van der Waals surface area contributed by atoms with Crippen molar-refractivity contribution >= 4 is 153 Å². The zero-order valence-electron chi connectivity index (χ0n) is 62.3. The van der Waals surface area contributed by atoms with E-state index in [0.717, 1.165) is 78.4 Å². The Morgan fingerprint density at radius 3 is 1.08 bits per heavy atom. The van der Waals surface area contributed by atoms with E-state index in [9.17, 15) is 19.5 Å². The SMILES string of the molecule is COc1ccccc1CC(=O)c1cnc(Nc2ccc(C#N)cc2)nc1Nc1c(C)cc(/C=C/C#N)cc1C.COc1ccccc1N.Cc1cc(/C=C/C#N)cc(C)c1Nc1nc(Nc2ccc(C#N)cc2)ncc1C(=O)Cl.Cc1cc(/C=C/C#N)cc(C)c1Nc1nc(Nc2ccc(C#N)cc2)ncc1C(=O)O.O=S(Cl)Cl. The van der Waals surface area contributed by atoms with E-state index in [1.54, 1.807) is 111 Å². The average molecular weight is 1600 g/mol. The number of ether oxygens (including phenoxy) is 2. The van der Waals surface area contributed by atoms with E-state index in [1.807, 2.05) is 145 Å². The van der Waals surface area contributed by atoms with Crippen LogP contribution in [0.15, 0.2) is 195 Å². The van der Waals surface area contributed by atoms with Crippen LogP contribution in [0, 0.1) is 110 Å². The van der Waals surface area contributed by atoms with E-state index < -0.39 is 20.4 Å². The summed E-state index contributed by atoms with van der Waals surface area (Å²) in [6, 6.07) is 58.9. The summed E-state index contributed by atoms with van der Waals surface area (Å²) in [5, 5.41) is 80.9. The maximum absolute atomic E-state index is 13.5. The van der Waals surface area contributed by atoms with Gasteiger partial charge >= 0.3 is 5.97 Å². The highest BCUT2D eigenvalue weighted by atomic mass is 36.0. The van der Waals surface area contributed by atoms with Crippen molar-refractivity contribution < 1.29 is 33.2 Å². The number of hydrogen-bond acceptors (Lipinski definition) is 25. The van der Waals surface area contributed by atoms with Crippen LogP contribution >= 0.6 is 33.0 Å². The number of aromatic nitrogens is 6. The Balaban J connectivity index is 0.000000220. The number of nitrogen functional groups attached to an aromatic ring is 1. The maximum atomic E-state index is 13.5. The van der Waals surface area contributed by atoms with Gasteiger partial charge in [-0.3, -0.25) is 9.59 Å². The Bertz CT molecular complexity index is 5460. The number of nitrogens with two attached hydrogens (primary N) is 1. The predicted molar refractivity (Wildman–Crippen MR) is 446 cm³/mol. The Morgan fingerprint density at radius 1 is 0.465 bits per heavy atom. The van der Waals surface area contributed by atoms with Crippen molar-refractivity contribution in [2.24, 2.45) is 0 Å². The molecule has 0 amide bonds. The molecule has 0 aliphatic heterocycles. The first-order chi connectivity index (χ1) is 54.8. The number of rotatable bonds is 22. The fraction of sp³-hybridized carbons (Fsp3) is 0.107. The summed E-state index contributed by atoms with van der Waals surface area (Å²) in [5.41, 5.74) is 21.4. The molecule has 8 aromatic carbocycles. The van der Waals surface area contributed by atoms with Crippen LogP contribution in [-0.4, -0.2) is 70.4 Å². The summed E-state index contributed by atoms with van der Waals surface area (Å²) in [6.07, 6.45) is 13.6. The maximum Gasteiger partial charge on any atom is 0.341 e. The van der Waals surface area contributed by atoms with E-state index in [0.29, 0.717) is 62.5 Å². The highest BCUT2D eigenvalue weighted by molar-refractivity contribution is 8.26. The predicted octanol–water partition coefficient (Wildman–Crippen LogP) is 18.8. The molecule has 11 rings (SSSR count). The molecular formula is C84H70Cl3N19O7S. The van der Waals surface area contributed by atoms with Gasteiger partial charge in [-0.15, -0.1) is 0 Å². The molecule has 0 bridgehead atoms. The lowest BCUT2D eigenvalue weighted by molar-refractivity contribution is 0.0696. The number of benzene rings is 8.